The highest BCUT2D eigenvalue weighted by atomic mass is 35.5. The molecule has 7 heteroatoms. The molecular weight excluding hydrogens is 444 g/mol. The van der Waals surface area contributed by atoms with E-state index >= 15 is 0 Å². The van der Waals surface area contributed by atoms with Gasteiger partial charge in [-0.2, -0.15) is 0 Å². The van der Waals surface area contributed by atoms with Crippen molar-refractivity contribution < 1.29 is 29.3 Å². The van der Waals surface area contributed by atoms with Gasteiger partial charge in [0.15, 0.2) is 0 Å². The first-order chi connectivity index (χ1) is 15.9. The predicted molar refractivity (Wildman–Crippen MR) is 126 cm³/mol. The van der Waals surface area contributed by atoms with E-state index in [1.54, 1.807) is 48.5 Å². The van der Waals surface area contributed by atoms with Crippen LogP contribution in [0.1, 0.15) is 42.5 Å². The van der Waals surface area contributed by atoms with Gasteiger partial charge in [-0.15, -0.1) is 11.6 Å². The normalized spacial score (nSPS) is 22.4. The third kappa shape index (κ3) is 7.62. The molecule has 1 fully saturated rings. The maximum absolute atomic E-state index is 12.3. The number of benzene rings is 2. The summed E-state index contributed by atoms with van der Waals surface area (Å²) in [6, 6.07) is 15.6. The summed E-state index contributed by atoms with van der Waals surface area (Å²) in [5.41, 5.74) is 0.463. The highest BCUT2D eigenvalue weighted by Gasteiger charge is 2.41. The molecule has 2 aromatic rings. The van der Waals surface area contributed by atoms with Gasteiger partial charge in [-0.05, 0) is 55.9 Å². The SMILES string of the molecule is O=C(O)CCCC=CC[C@@H]1[C@@H](COc2cccc(OC(=O)c3ccccc3)c2)[C@H](O)C[C@H]1Cl. The smallest absolute Gasteiger partial charge is 0.343 e. The van der Waals surface area contributed by atoms with E-state index in [-0.39, 0.29) is 30.2 Å². The van der Waals surface area contributed by atoms with Crippen molar-refractivity contribution in [3.63, 3.8) is 0 Å². The summed E-state index contributed by atoms with van der Waals surface area (Å²) in [4.78, 5) is 22.9. The standard InChI is InChI=1S/C26H29ClO6/c27-23-16-24(28)22(21(23)13-6-1-2-7-14-25(29)30)17-32-19-11-8-12-20(15-19)33-26(31)18-9-4-3-5-10-18/h1,3-6,8-12,15,21-24,28H,2,7,13-14,16-17H2,(H,29,30)/t21-,22-,23-,24-/m1/s1. The van der Waals surface area contributed by atoms with Gasteiger partial charge in [0.1, 0.15) is 11.5 Å². The third-order valence-electron chi connectivity index (χ3n) is 5.78. The molecule has 0 amide bonds. The molecule has 0 spiro atoms. The Balaban J connectivity index is 1.54. The molecule has 0 radical (unpaired) electrons. The van der Waals surface area contributed by atoms with Crippen LogP contribution in [0.4, 0.5) is 0 Å². The Morgan fingerprint density at radius 2 is 1.79 bits per heavy atom. The molecule has 0 saturated heterocycles. The Morgan fingerprint density at radius 1 is 1.03 bits per heavy atom. The van der Waals surface area contributed by atoms with E-state index in [1.165, 1.54) is 0 Å². The Labute approximate surface area is 198 Å². The number of carbonyl (C=O) groups excluding carboxylic acids is 1. The number of hydrogen-bond donors (Lipinski definition) is 2. The second kappa shape index (κ2) is 12.4. The molecule has 33 heavy (non-hydrogen) atoms. The summed E-state index contributed by atoms with van der Waals surface area (Å²) < 4.78 is 11.4. The lowest BCUT2D eigenvalue weighted by Crippen LogP contribution is -2.27. The lowest BCUT2D eigenvalue weighted by Gasteiger charge is -2.22. The third-order valence-corrected chi connectivity index (χ3v) is 6.28. The number of halogens is 1. The molecule has 4 atom stereocenters. The summed E-state index contributed by atoms with van der Waals surface area (Å²) >= 11 is 6.49. The molecule has 0 unspecified atom stereocenters. The first-order valence-electron chi connectivity index (χ1n) is 11.1. The van der Waals surface area contributed by atoms with Crippen LogP contribution >= 0.6 is 11.6 Å². The van der Waals surface area contributed by atoms with Crippen LogP contribution < -0.4 is 9.47 Å². The second-order valence-corrected chi connectivity index (χ2v) is 8.74. The maximum atomic E-state index is 12.3. The molecule has 2 N–H and O–H groups in total. The van der Waals surface area contributed by atoms with E-state index in [2.05, 4.69) is 0 Å². The molecule has 0 aromatic heterocycles. The van der Waals surface area contributed by atoms with Gasteiger partial charge in [-0.25, -0.2) is 4.79 Å². The van der Waals surface area contributed by atoms with Crippen LogP contribution in [0.25, 0.3) is 0 Å². The number of aliphatic carboxylic acids is 1. The van der Waals surface area contributed by atoms with Crippen LogP contribution in [0.5, 0.6) is 11.5 Å². The van der Waals surface area contributed by atoms with Crippen LogP contribution in [0.15, 0.2) is 66.7 Å². The van der Waals surface area contributed by atoms with Gasteiger partial charge in [0, 0.05) is 23.8 Å². The minimum Gasteiger partial charge on any atom is -0.493 e. The summed E-state index contributed by atoms with van der Waals surface area (Å²) in [5.74, 6) is -0.396. The molecule has 0 bridgehead atoms. The zero-order valence-electron chi connectivity index (χ0n) is 18.3. The lowest BCUT2D eigenvalue weighted by atomic mass is 9.92. The van der Waals surface area contributed by atoms with E-state index in [9.17, 15) is 14.7 Å². The average Bonchev–Trinajstić information content (AvgIpc) is 3.07. The van der Waals surface area contributed by atoms with Gasteiger partial charge in [-0.3, -0.25) is 4.79 Å². The number of hydrogen-bond acceptors (Lipinski definition) is 5. The van der Waals surface area contributed by atoms with Crippen molar-refractivity contribution in [2.24, 2.45) is 11.8 Å². The summed E-state index contributed by atoms with van der Waals surface area (Å²) in [6.45, 7) is 0.290. The number of alkyl halides is 1. The fourth-order valence-electron chi connectivity index (χ4n) is 3.99. The number of allylic oxidation sites excluding steroid dienone is 2. The summed E-state index contributed by atoms with van der Waals surface area (Å²) in [6.07, 6.45) is 6.07. The monoisotopic (exact) mass is 472 g/mol. The Hall–Kier alpha value is -2.83. The minimum atomic E-state index is -0.792. The number of unbranched alkanes of at least 4 members (excludes halogenated alkanes) is 1. The fraction of sp³-hybridized carbons (Fsp3) is 0.385. The average molecular weight is 473 g/mol. The Morgan fingerprint density at radius 3 is 2.55 bits per heavy atom. The summed E-state index contributed by atoms with van der Waals surface area (Å²) in [5, 5.41) is 19.0. The number of aliphatic hydroxyl groups is 1. The molecule has 0 aliphatic heterocycles. The van der Waals surface area contributed by atoms with Crippen molar-refractivity contribution in [2.75, 3.05) is 6.61 Å². The first-order valence-corrected chi connectivity index (χ1v) is 11.6. The molecule has 1 aliphatic carbocycles. The molecule has 2 aromatic carbocycles. The van der Waals surface area contributed by atoms with E-state index in [4.69, 9.17) is 26.2 Å². The van der Waals surface area contributed by atoms with Crippen molar-refractivity contribution in [1.82, 2.24) is 0 Å². The van der Waals surface area contributed by atoms with Crippen LogP contribution in [0, 0.1) is 11.8 Å². The highest BCUT2D eigenvalue weighted by molar-refractivity contribution is 6.21. The summed E-state index contributed by atoms with van der Waals surface area (Å²) in [7, 11) is 0. The minimum absolute atomic E-state index is 0.0523. The number of carbonyl (C=O) groups is 2. The predicted octanol–water partition coefficient (Wildman–Crippen LogP) is 5.09. The van der Waals surface area contributed by atoms with Crippen molar-refractivity contribution in [3.05, 3.63) is 72.3 Å². The Kier molecular flexibility index (Phi) is 9.34. The number of esters is 1. The second-order valence-electron chi connectivity index (χ2n) is 8.18. The van der Waals surface area contributed by atoms with Crippen LogP contribution in [0.2, 0.25) is 0 Å². The van der Waals surface area contributed by atoms with E-state index < -0.39 is 18.0 Å². The van der Waals surface area contributed by atoms with Crippen LogP contribution in [-0.2, 0) is 4.79 Å². The van der Waals surface area contributed by atoms with Crippen LogP contribution in [0.3, 0.4) is 0 Å². The zero-order chi connectivity index (χ0) is 23.6. The molecule has 0 heterocycles. The number of carboxylic acids is 1. The first kappa shape index (κ1) is 24.8. The van der Waals surface area contributed by atoms with E-state index in [0.29, 0.717) is 42.7 Å². The highest BCUT2D eigenvalue weighted by Crippen LogP contribution is 2.39. The van der Waals surface area contributed by atoms with Gasteiger partial charge in [0.2, 0.25) is 0 Å². The van der Waals surface area contributed by atoms with Gasteiger partial charge in [0.25, 0.3) is 0 Å². The molecule has 176 valence electrons. The van der Waals surface area contributed by atoms with Crippen molar-refractivity contribution in [3.8, 4) is 11.5 Å². The van der Waals surface area contributed by atoms with Gasteiger partial charge >= 0.3 is 11.9 Å². The number of carboxylic acid groups (broad SMARTS) is 1. The van der Waals surface area contributed by atoms with Crippen molar-refractivity contribution >= 4 is 23.5 Å². The molecule has 1 aliphatic rings. The lowest BCUT2D eigenvalue weighted by molar-refractivity contribution is -0.137. The zero-order valence-corrected chi connectivity index (χ0v) is 19.1. The largest absolute Gasteiger partial charge is 0.493 e. The van der Waals surface area contributed by atoms with Crippen molar-refractivity contribution in [1.29, 1.82) is 0 Å². The van der Waals surface area contributed by atoms with Crippen molar-refractivity contribution in [2.45, 2.75) is 43.6 Å². The number of ether oxygens (including phenoxy) is 2. The fourth-order valence-corrected chi connectivity index (χ4v) is 4.47. The van der Waals surface area contributed by atoms with E-state index in [0.717, 1.165) is 0 Å². The van der Waals surface area contributed by atoms with Gasteiger partial charge in [-0.1, -0.05) is 36.4 Å². The maximum Gasteiger partial charge on any atom is 0.343 e. The number of rotatable bonds is 11. The molecule has 3 rings (SSSR count). The molecule has 1 saturated carbocycles. The topological polar surface area (TPSA) is 93.1 Å². The van der Waals surface area contributed by atoms with E-state index in [1.807, 2.05) is 18.2 Å². The van der Waals surface area contributed by atoms with Gasteiger partial charge < -0.3 is 19.7 Å². The Bertz CT molecular complexity index is 945. The molecular formula is C26H29ClO6. The number of aliphatic hydroxyl groups excluding tert-OH is 1. The quantitative estimate of drug-likeness (QED) is 0.155. The van der Waals surface area contributed by atoms with Crippen LogP contribution in [-0.4, -0.2) is 40.2 Å². The molecule has 6 nitrogen and oxygen atoms in total. The van der Waals surface area contributed by atoms with Gasteiger partial charge in [0.05, 0.1) is 18.3 Å².